The van der Waals surface area contributed by atoms with Gasteiger partial charge in [-0.3, -0.25) is 4.90 Å². The topological polar surface area (TPSA) is 38.7 Å². The monoisotopic (exact) mass is 257 g/mol. The van der Waals surface area contributed by atoms with E-state index in [4.69, 9.17) is 0 Å². The van der Waals surface area contributed by atoms with Gasteiger partial charge in [0.1, 0.15) is 0 Å². The van der Waals surface area contributed by atoms with Crippen molar-refractivity contribution in [3.05, 3.63) is 0 Å². The molecule has 1 fully saturated rings. The van der Waals surface area contributed by atoms with E-state index in [1.54, 1.807) is 0 Å². The number of aliphatic hydroxyl groups is 1. The number of piperidine rings is 1. The molecule has 1 saturated heterocycles. The van der Waals surface area contributed by atoms with Crippen LogP contribution >= 0.6 is 0 Å². The fourth-order valence-corrected chi connectivity index (χ4v) is 2.47. The van der Waals surface area contributed by atoms with E-state index in [0.29, 0.717) is 12.6 Å². The van der Waals surface area contributed by atoms with Crippen molar-refractivity contribution in [3.63, 3.8) is 0 Å². The number of β-amino-alcohol motifs (C(OH)–C–C–N with tert-alkyl or cyclic N) is 1. The van der Waals surface area contributed by atoms with Gasteiger partial charge < -0.3 is 15.3 Å². The highest BCUT2D eigenvalue weighted by Crippen LogP contribution is 2.13. The first-order valence-corrected chi connectivity index (χ1v) is 7.10. The Morgan fingerprint density at radius 1 is 1.44 bits per heavy atom. The van der Waals surface area contributed by atoms with Crippen molar-refractivity contribution in [2.75, 3.05) is 40.3 Å². The van der Waals surface area contributed by atoms with Gasteiger partial charge in [0.15, 0.2) is 0 Å². The van der Waals surface area contributed by atoms with Crippen molar-refractivity contribution in [1.82, 2.24) is 15.1 Å². The fourth-order valence-electron chi connectivity index (χ4n) is 2.47. The van der Waals surface area contributed by atoms with E-state index >= 15 is 0 Å². The van der Waals surface area contributed by atoms with Crippen molar-refractivity contribution in [2.24, 2.45) is 0 Å². The minimum atomic E-state index is -0.290. The van der Waals surface area contributed by atoms with Gasteiger partial charge in [-0.1, -0.05) is 0 Å². The first kappa shape index (κ1) is 15.9. The molecule has 0 saturated carbocycles. The molecule has 0 radical (unpaired) electrons. The molecule has 4 nitrogen and oxygen atoms in total. The lowest BCUT2D eigenvalue weighted by Gasteiger charge is -2.37. The smallest absolute Gasteiger partial charge is 0.0791 e. The molecule has 18 heavy (non-hydrogen) atoms. The third-order valence-electron chi connectivity index (χ3n) is 3.59. The molecule has 0 aromatic heterocycles. The van der Waals surface area contributed by atoms with E-state index in [1.807, 2.05) is 0 Å². The molecule has 1 aliphatic rings. The third kappa shape index (κ3) is 6.14. The van der Waals surface area contributed by atoms with Gasteiger partial charge in [-0.15, -0.1) is 0 Å². The van der Waals surface area contributed by atoms with Crippen LogP contribution < -0.4 is 5.32 Å². The van der Waals surface area contributed by atoms with Gasteiger partial charge in [0.25, 0.3) is 0 Å². The van der Waals surface area contributed by atoms with Crippen LogP contribution in [0.3, 0.4) is 0 Å². The van der Waals surface area contributed by atoms with Crippen LogP contribution in [0, 0.1) is 0 Å². The lowest BCUT2D eigenvalue weighted by atomic mass is 10.0. The summed E-state index contributed by atoms with van der Waals surface area (Å²) in [6.45, 7) is 10.1. The summed E-state index contributed by atoms with van der Waals surface area (Å²) in [5.74, 6) is 0. The summed E-state index contributed by atoms with van der Waals surface area (Å²) < 4.78 is 0. The van der Waals surface area contributed by atoms with Gasteiger partial charge in [-0.25, -0.2) is 0 Å². The van der Waals surface area contributed by atoms with Crippen LogP contribution in [0.25, 0.3) is 0 Å². The van der Waals surface area contributed by atoms with Gasteiger partial charge in [0.2, 0.25) is 0 Å². The molecule has 2 atom stereocenters. The number of aliphatic hydroxyl groups excluding tert-OH is 1. The minimum absolute atomic E-state index is 0.0740. The zero-order valence-corrected chi connectivity index (χ0v) is 12.7. The second kappa shape index (κ2) is 6.85. The average molecular weight is 257 g/mol. The predicted octanol–water partition coefficient (Wildman–Crippen LogP) is 0.761. The lowest BCUT2D eigenvalue weighted by molar-refractivity contribution is 0.0709. The molecular formula is C14H31N3O. The number of nitrogens with zero attached hydrogens (tertiary/aromatic N) is 2. The molecule has 1 heterocycles. The van der Waals surface area contributed by atoms with Gasteiger partial charge >= 0.3 is 0 Å². The van der Waals surface area contributed by atoms with Crippen LogP contribution in [-0.4, -0.2) is 72.9 Å². The van der Waals surface area contributed by atoms with Crippen LogP contribution in [0.4, 0.5) is 0 Å². The summed E-state index contributed by atoms with van der Waals surface area (Å²) in [5.41, 5.74) is 0.0740. The van der Waals surface area contributed by atoms with Crippen LogP contribution in [0.2, 0.25) is 0 Å². The maximum Gasteiger partial charge on any atom is 0.0791 e. The number of nitrogens with one attached hydrogen (secondary N) is 1. The molecule has 0 aromatic carbocycles. The first-order valence-electron chi connectivity index (χ1n) is 7.10. The second-order valence-corrected chi connectivity index (χ2v) is 6.78. The summed E-state index contributed by atoms with van der Waals surface area (Å²) >= 11 is 0. The molecular weight excluding hydrogens is 226 g/mol. The highest BCUT2D eigenvalue weighted by atomic mass is 16.3. The first-order chi connectivity index (χ1) is 8.28. The van der Waals surface area contributed by atoms with Gasteiger partial charge in [-0.05, 0) is 54.3 Å². The van der Waals surface area contributed by atoms with Crippen molar-refractivity contribution >= 4 is 0 Å². The molecule has 108 valence electrons. The molecule has 2 N–H and O–H groups in total. The van der Waals surface area contributed by atoms with Crippen molar-refractivity contribution in [1.29, 1.82) is 0 Å². The SMILES string of the molecule is CN1CCCC(N(C)CC(O)CNC(C)(C)C)C1. The van der Waals surface area contributed by atoms with Crippen molar-refractivity contribution < 1.29 is 5.11 Å². The summed E-state index contributed by atoms with van der Waals surface area (Å²) in [6.07, 6.45) is 2.23. The molecule has 4 heteroatoms. The van der Waals surface area contributed by atoms with E-state index in [0.717, 1.165) is 13.1 Å². The summed E-state index contributed by atoms with van der Waals surface area (Å²) in [6, 6.07) is 0.591. The van der Waals surface area contributed by atoms with Crippen LogP contribution in [-0.2, 0) is 0 Å². The molecule has 2 unspecified atom stereocenters. The number of hydrogen-bond acceptors (Lipinski definition) is 4. The largest absolute Gasteiger partial charge is 0.390 e. The highest BCUT2D eigenvalue weighted by Gasteiger charge is 2.23. The lowest BCUT2D eigenvalue weighted by Crippen LogP contribution is -2.49. The van der Waals surface area contributed by atoms with Crippen molar-refractivity contribution in [2.45, 2.75) is 51.3 Å². The quantitative estimate of drug-likeness (QED) is 0.763. The molecule has 1 aliphatic heterocycles. The molecule has 1 rings (SSSR count). The number of hydrogen-bond donors (Lipinski definition) is 2. The molecule has 0 bridgehead atoms. The second-order valence-electron chi connectivity index (χ2n) is 6.78. The van der Waals surface area contributed by atoms with Gasteiger partial charge in [0, 0.05) is 31.2 Å². The predicted molar refractivity (Wildman–Crippen MR) is 76.9 cm³/mol. The molecule has 0 aliphatic carbocycles. The molecule has 0 aromatic rings. The zero-order valence-electron chi connectivity index (χ0n) is 12.7. The molecule has 0 amide bonds. The zero-order chi connectivity index (χ0) is 13.8. The number of likely N-dealkylation sites (tertiary alicyclic amines) is 1. The van der Waals surface area contributed by atoms with E-state index in [-0.39, 0.29) is 11.6 Å². The summed E-state index contributed by atoms with van der Waals surface area (Å²) in [4.78, 5) is 4.69. The van der Waals surface area contributed by atoms with E-state index in [2.05, 4.69) is 50.0 Å². The fraction of sp³-hybridized carbons (Fsp3) is 1.00. The molecule has 0 spiro atoms. The Hall–Kier alpha value is -0.160. The Balaban J connectivity index is 2.28. The van der Waals surface area contributed by atoms with Crippen LogP contribution in [0.15, 0.2) is 0 Å². The minimum Gasteiger partial charge on any atom is -0.390 e. The third-order valence-corrected chi connectivity index (χ3v) is 3.59. The average Bonchev–Trinajstić information content (AvgIpc) is 2.25. The number of rotatable bonds is 5. The Labute approximate surface area is 112 Å². The van der Waals surface area contributed by atoms with Crippen LogP contribution in [0.1, 0.15) is 33.6 Å². The van der Waals surface area contributed by atoms with Crippen LogP contribution in [0.5, 0.6) is 0 Å². The Bertz CT molecular complexity index is 240. The van der Waals surface area contributed by atoms with E-state index in [1.165, 1.54) is 19.4 Å². The van der Waals surface area contributed by atoms with Gasteiger partial charge in [0.05, 0.1) is 6.10 Å². The Morgan fingerprint density at radius 2 is 2.11 bits per heavy atom. The summed E-state index contributed by atoms with van der Waals surface area (Å²) in [5, 5.41) is 13.4. The van der Waals surface area contributed by atoms with E-state index in [9.17, 15) is 5.11 Å². The van der Waals surface area contributed by atoms with Gasteiger partial charge in [-0.2, -0.15) is 0 Å². The number of likely N-dealkylation sites (N-methyl/N-ethyl adjacent to an activating group) is 2. The Morgan fingerprint density at radius 3 is 2.67 bits per heavy atom. The van der Waals surface area contributed by atoms with E-state index < -0.39 is 0 Å². The highest BCUT2D eigenvalue weighted by molar-refractivity contribution is 4.80. The maximum atomic E-state index is 10.1. The van der Waals surface area contributed by atoms with Crippen molar-refractivity contribution in [3.8, 4) is 0 Å². The normalized spacial score (nSPS) is 24.5. The summed E-state index contributed by atoms with van der Waals surface area (Å²) in [7, 11) is 4.31. The Kier molecular flexibility index (Phi) is 6.05. The maximum absolute atomic E-state index is 10.1. The standard InChI is InChI=1S/C14H31N3O/c1-14(2,3)15-9-13(18)11-17(5)12-7-6-8-16(4)10-12/h12-13,15,18H,6-11H2,1-5H3.